The van der Waals surface area contributed by atoms with E-state index in [9.17, 15) is 0 Å². The Morgan fingerprint density at radius 3 is 1.69 bits per heavy atom. The normalized spacial score (nSPS) is 10.8. The van der Waals surface area contributed by atoms with E-state index in [1.807, 2.05) is 42.5 Å². The van der Waals surface area contributed by atoms with Gasteiger partial charge < -0.3 is 14.2 Å². The lowest BCUT2D eigenvalue weighted by Gasteiger charge is -2.13. The van der Waals surface area contributed by atoms with Crippen LogP contribution in [0, 0.1) is 0 Å². The molecule has 0 radical (unpaired) electrons. The molecule has 0 saturated carbocycles. The minimum Gasteiger partial charge on any atom is -0.489 e. The van der Waals surface area contributed by atoms with Gasteiger partial charge in [0.1, 0.15) is 24.7 Å². The number of unbranched alkanes of at least 4 members (excludes halogenated alkanes) is 2. The number of halogens is 1. The Kier molecular flexibility index (Phi) is 11.2. The maximum absolute atomic E-state index is 6.09. The Labute approximate surface area is 200 Å². The summed E-state index contributed by atoms with van der Waals surface area (Å²) in [6.07, 6.45) is 5.48. The topological polar surface area (TPSA) is 27.7 Å². The molecular weight excluding hydrogens is 464 g/mol. The average molecular weight is 497 g/mol. The summed E-state index contributed by atoms with van der Waals surface area (Å²) >= 11 is 3.47. The molecule has 0 unspecified atom stereocenters. The largest absolute Gasteiger partial charge is 0.489 e. The molecule has 3 rings (SSSR count). The highest BCUT2D eigenvalue weighted by atomic mass is 79.9. The van der Waals surface area contributed by atoms with Crippen LogP contribution in [0.5, 0.6) is 11.5 Å². The van der Waals surface area contributed by atoms with Gasteiger partial charge in [0.05, 0.1) is 0 Å². The first-order chi connectivity index (χ1) is 15.8. The fourth-order valence-electron chi connectivity index (χ4n) is 3.38. The predicted molar refractivity (Wildman–Crippen MR) is 135 cm³/mol. The molecule has 0 amide bonds. The van der Waals surface area contributed by atoms with Crippen LogP contribution in [0.25, 0.3) is 0 Å². The van der Waals surface area contributed by atoms with Gasteiger partial charge in [0.2, 0.25) is 0 Å². The molecule has 0 atom stereocenters. The van der Waals surface area contributed by atoms with E-state index in [0.29, 0.717) is 13.2 Å². The Morgan fingerprint density at radius 1 is 0.562 bits per heavy atom. The van der Waals surface area contributed by atoms with Gasteiger partial charge in [-0.05, 0) is 54.5 Å². The quantitative estimate of drug-likeness (QED) is 0.162. The molecule has 0 N–H and O–H groups in total. The van der Waals surface area contributed by atoms with Crippen LogP contribution in [-0.2, 0) is 24.4 Å². The summed E-state index contributed by atoms with van der Waals surface area (Å²) in [5.74, 6) is 1.68. The van der Waals surface area contributed by atoms with E-state index in [4.69, 9.17) is 14.2 Å². The maximum Gasteiger partial charge on any atom is 0.123 e. The van der Waals surface area contributed by atoms with Crippen LogP contribution in [0.1, 0.15) is 42.4 Å². The van der Waals surface area contributed by atoms with Gasteiger partial charge in [0.15, 0.2) is 0 Å². The van der Waals surface area contributed by atoms with E-state index < -0.39 is 0 Å². The summed E-state index contributed by atoms with van der Waals surface area (Å²) in [5.41, 5.74) is 3.51. The van der Waals surface area contributed by atoms with E-state index in [1.165, 1.54) is 18.4 Å². The summed E-state index contributed by atoms with van der Waals surface area (Å²) in [6.45, 7) is 2.71. The van der Waals surface area contributed by atoms with Gasteiger partial charge in [-0.25, -0.2) is 0 Å². The molecule has 3 aromatic rings. The van der Waals surface area contributed by atoms with Crippen molar-refractivity contribution in [3.8, 4) is 11.5 Å². The highest BCUT2D eigenvalue weighted by molar-refractivity contribution is 9.09. The zero-order valence-corrected chi connectivity index (χ0v) is 20.3. The Morgan fingerprint density at radius 2 is 1.12 bits per heavy atom. The molecule has 170 valence electrons. The number of hydrogen-bond acceptors (Lipinski definition) is 3. The van der Waals surface area contributed by atoms with Crippen LogP contribution in [0.3, 0.4) is 0 Å². The molecule has 32 heavy (non-hydrogen) atoms. The Hall–Kier alpha value is -2.30. The standard InChI is InChI=1S/C28H33BrO3/c29-16-8-3-9-17-30-18-10-15-26-19-27(31-22-24-11-4-1-5-12-24)21-28(20-26)32-23-25-13-6-2-7-14-25/h1-2,4-7,11-14,19-21H,3,8-10,15-18,22-23H2. The first-order valence-corrected chi connectivity index (χ1v) is 12.6. The molecule has 3 aromatic carbocycles. The minimum absolute atomic E-state index is 0.542. The lowest BCUT2D eigenvalue weighted by Crippen LogP contribution is -2.01. The lowest BCUT2D eigenvalue weighted by atomic mass is 10.1. The Bertz CT molecular complexity index is 822. The molecule has 4 heteroatoms. The van der Waals surface area contributed by atoms with Gasteiger partial charge in [-0.1, -0.05) is 83.0 Å². The van der Waals surface area contributed by atoms with Crippen LogP contribution >= 0.6 is 15.9 Å². The van der Waals surface area contributed by atoms with Crippen LogP contribution < -0.4 is 9.47 Å². The highest BCUT2D eigenvalue weighted by Crippen LogP contribution is 2.25. The number of rotatable bonds is 15. The van der Waals surface area contributed by atoms with E-state index in [-0.39, 0.29) is 0 Å². The molecule has 0 fully saturated rings. The number of aryl methyl sites for hydroxylation is 1. The van der Waals surface area contributed by atoms with Crippen molar-refractivity contribution >= 4 is 15.9 Å². The monoisotopic (exact) mass is 496 g/mol. The van der Waals surface area contributed by atoms with Crippen molar-refractivity contribution < 1.29 is 14.2 Å². The molecule has 0 heterocycles. The fourth-order valence-corrected chi connectivity index (χ4v) is 3.78. The van der Waals surface area contributed by atoms with Crippen molar-refractivity contribution in [2.24, 2.45) is 0 Å². The number of benzene rings is 3. The molecule has 3 nitrogen and oxygen atoms in total. The molecule has 0 spiro atoms. The van der Waals surface area contributed by atoms with Crippen molar-refractivity contribution in [2.45, 2.75) is 45.3 Å². The molecule has 0 aliphatic heterocycles. The smallest absolute Gasteiger partial charge is 0.123 e. The van der Waals surface area contributed by atoms with E-state index in [2.05, 4.69) is 52.3 Å². The van der Waals surface area contributed by atoms with Gasteiger partial charge >= 0.3 is 0 Å². The highest BCUT2D eigenvalue weighted by Gasteiger charge is 2.06. The molecule has 0 aliphatic carbocycles. The molecule has 0 bridgehead atoms. The SMILES string of the molecule is BrCCCCCOCCCc1cc(OCc2ccccc2)cc(OCc2ccccc2)c1. The second-order valence-corrected chi connectivity index (χ2v) is 8.62. The molecule has 0 aromatic heterocycles. The zero-order chi connectivity index (χ0) is 22.3. The minimum atomic E-state index is 0.542. The third kappa shape index (κ3) is 9.46. The van der Waals surface area contributed by atoms with Gasteiger partial charge in [-0.15, -0.1) is 0 Å². The number of ether oxygens (including phenoxy) is 3. The van der Waals surface area contributed by atoms with Gasteiger partial charge in [0.25, 0.3) is 0 Å². The van der Waals surface area contributed by atoms with Crippen LogP contribution in [-0.4, -0.2) is 18.5 Å². The first kappa shape index (κ1) is 24.3. The second-order valence-electron chi connectivity index (χ2n) is 7.83. The second kappa shape index (κ2) is 14.7. The van der Waals surface area contributed by atoms with Gasteiger partial charge in [0, 0.05) is 24.6 Å². The maximum atomic E-state index is 6.09. The van der Waals surface area contributed by atoms with Crippen LogP contribution in [0.2, 0.25) is 0 Å². The van der Waals surface area contributed by atoms with E-state index in [0.717, 1.165) is 60.4 Å². The summed E-state index contributed by atoms with van der Waals surface area (Å²) in [5, 5.41) is 1.07. The van der Waals surface area contributed by atoms with Crippen LogP contribution in [0.4, 0.5) is 0 Å². The van der Waals surface area contributed by atoms with Crippen molar-refractivity contribution in [1.29, 1.82) is 0 Å². The average Bonchev–Trinajstić information content (AvgIpc) is 2.84. The lowest BCUT2D eigenvalue weighted by molar-refractivity contribution is 0.128. The Balaban J connectivity index is 1.55. The zero-order valence-electron chi connectivity index (χ0n) is 18.7. The van der Waals surface area contributed by atoms with Gasteiger partial charge in [-0.2, -0.15) is 0 Å². The number of hydrogen-bond donors (Lipinski definition) is 0. The third-order valence-corrected chi connectivity index (χ3v) is 5.67. The molecule has 0 aliphatic rings. The summed E-state index contributed by atoms with van der Waals surface area (Å²) < 4.78 is 18.0. The summed E-state index contributed by atoms with van der Waals surface area (Å²) in [6, 6.07) is 26.7. The molecular formula is C28H33BrO3. The summed E-state index contributed by atoms with van der Waals surface area (Å²) in [7, 11) is 0. The van der Waals surface area contributed by atoms with Crippen molar-refractivity contribution in [1.82, 2.24) is 0 Å². The van der Waals surface area contributed by atoms with Crippen molar-refractivity contribution in [3.63, 3.8) is 0 Å². The number of alkyl halides is 1. The fraction of sp³-hybridized carbons (Fsp3) is 0.357. The molecule has 0 saturated heterocycles. The van der Waals surface area contributed by atoms with Crippen LogP contribution in [0.15, 0.2) is 78.9 Å². The first-order valence-electron chi connectivity index (χ1n) is 11.4. The van der Waals surface area contributed by atoms with E-state index in [1.54, 1.807) is 0 Å². The predicted octanol–water partition coefficient (Wildman–Crippen LogP) is 7.36. The summed E-state index contributed by atoms with van der Waals surface area (Å²) in [4.78, 5) is 0. The van der Waals surface area contributed by atoms with Crippen molar-refractivity contribution in [3.05, 3.63) is 95.6 Å². The van der Waals surface area contributed by atoms with Crippen molar-refractivity contribution in [2.75, 3.05) is 18.5 Å². The van der Waals surface area contributed by atoms with E-state index >= 15 is 0 Å². The van der Waals surface area contributed by atoms with Gasteiger partial charge in [-0.3, -0.25) is 0 Å². The third-order valence-electron chi connectivity index (χ3n) is 5.11.